The van der Waals surface area contributed by atoms with Crippen molar-refractivity contribution in [1.82, 2.24) is 0 Å². The molecule has 2 aromatic carbocycles. The summed E-state index contributed by atoms with van der Waals surface area (Å²) in [5.74, 6) is 0. The van der Waals surface area contributed by atoms with Crippen molar-refractivity contribution >= 4 is 5.69 Å². The Morgan fingerprint density at radius 1 is 0.850 bits per heavy atom. The Bertz CT molecular complexity index is 538. The van der Waals surface area contributed by atoms with Gasteiger partial charge in [-0.15, -0.1) is 0 Å². The molecule has 2 aromatic rings. The van der Waals surface area contributed by atoms with E-state index in [4.69, 9.17) is 5.73 Å². The van der Waals surface area contributed by atoms with Crippen molar-refractivity contribution in [3.63, 3.8) is 0 Å². The molecule has 0 unspecified atom stereocenters. The van der Waals surface area contributed by atoms with Crippen molar-refractivity contribution in [3.8, 4) is 0 Å². The van der Waals surface area contributed by atoms with Gasteiger partial charge in [-0.3, -0.25) is 0 Å². The molecule has 0 saturated carbocycles. The van der Waals surface area contributed by atoms with Crippen LogP contribution in [-0.4, -0.2) is 13.1 Å². The van der Waals surface area contributed by atoms with Gasteiger partial charge < -0.3 is 10.6 Å². The summed E-state index contributed by atoms with van der Waals surface area (Å²) in [5.41, 5.74) is 12.3. The van der Waals surface area contributed by atoms with Gasteiger partial charge in [-0.1, -0.05) is 35.9 Å². The number of hydrogen-bond acceptors (Lipinski definition) is 2. The summed E-state index contributed by atoms with van der Waals surface area (Å²) in [6.07, 6.45) is 0. The molecule has 2 heteroatoms. The summed E-state index contributed by atoms with van der Waals surface area (Å²) in [7, 11) is 0. The first-order valence-corrected chi connectivity index (χ1v) is 7.17. The first kappa shape index (κ1) is 14.6. The molecule has 0 fully saturated rings. The van der Waals surface area contributed by atoms with E-state index in [9.17, 15) is 0 Å². The quantitative estimate of drug-likeness (QED) is 0.898. The van der Waals surface area contributed by atoms with Crippen LogP contribution in [0.2, 0.25) is 0 Å². The van der Waals surface area contributed by atoms with Gasteiger partial charge in [0.05, 0.1) is 0 Å². The second kappa shape index (κ2) is 6.58. The van der Waals surface area contributed by atoms with Crippen molar-refractivity contribution in [2.24, 2.45) is 5.73 Å². The van der Waals surface area contributed by atoms with Crippen LogP contribution in [0.4, 0.5) is 5.69 Å². The second-order valence-electron chi connectivity index (χ2n) is 5.54. The van der Waals surface area contributed by atoms with E-state index in [0.29, 0.717) is 6.54 Å². The molecule has 0 atom stereocenters. The molecule has 0 aliphatic rings. The smallest absolute Gasteiger partial charge is 0.0430 e. The molecule has 0 aliphatic heterocycles. The zero-order valence-electron chi connectivity index (χ0n) is 12.7. The number of hydrogen-bond donors (Lipinski definition) is 1. The zero-order chi connectivity index (χ0) is 14.5. The highest BCUT2D eigenvalue weighted by molar-refractivity contribution is 5.51. The van der Waals surface area contributed by atoms with Crippen LogP contribution in [0.5, 0.6) is 0 Å². The number of nitrogens with two attached hydrogens (primary N) is 1. The second-order valence-corrected chi connectivity index (χ2v) is 5.54. The highest BCUT2D eigenvalue weighted by atomic mass is 15.1. The van der Waals surface area contributed by atoms with Crippen LogP contribution in [0, 0.1) is 20.8 Å². The van der Waals surface area contributed by atoms with Gasteiger partial charge in [0.25, 0.3) is 0 Å². The lowest BCUT2D eigenvalue weighted by atomic mass is 10.1. The van der Waals surface area contributed by atoms with E-state index in [1.165, 1.54) is 27.9 Å². The first-order chi connectivity index (χ1) is 9.58. The van der Waals surface area contributed by atoms with Gasteiger partial charge in [0.1, 0.15) is 0 Å². The summed E-state index contributed by atoms with van der Waals surface area (Å²) in [6.45, 7) is 8.84. The fraction of sp³-hybridized carbons (Fsp3) is 0.333. The monoisotopic (exact) mass is 268 g/mol. The molecule has 106 valence electrons. The summed E-state index contributed by atoms with van der Waals surface area (Å²) < 4.78 is 0. The average molecular weight is 268 g/mol. The number of anilines is 1. The Balaban J connectivity index is 2.23. The van der Waals surface area contributed by atoms with E-state index in [1.54, 1.807) is 0 Å². The molecule has 0 amide bonds. The van der Waals surface area contributed by atoms with Crippen molar-refractivity contribution < 1.29 is 0 Å². The van der Waals surface area contributed by atoms with Gasteiger partial charge in [-0.05, 0) is 49.6 Å². The fourth-order valence-electron chi connectivity index (χ4n) is 2.50. The molecule has 2 N–H and O–H groups in total. The Kier molecular flexibility index (Phi) is 4.80. The van der Waals surface area contributed by atoms with Crippen LogP contribution in [0.15, 0.2) is 42.5 Å². The van der Waals surface area contributed by atoms with Gasteiger partial charge in [-0.25, -0.2) is 0 Å². The standard InChI is InChI=1S/C18H24N2/c1-14-4-6-17(7-5-14)13-20(9-8-19)18-11-15(2)10-16(3)12-18/h4-7,10-12H,8-9,13,19H2,1-3H3. The van der Waals surface area contributed by atoms with Crippen molar-refractivity contribution in [2.45, 2.75) is 27.3 Å². The van der Waals surface area contributed by atoms with Crippen LogP contribution in [-0.2, 0) is 6.54 Å². The van der Waals surface area contributed by atoms with Crippen LogP contribution in [0.3, 0.4) is 0 Å². The lowest BCUT2D eigenvalue weighted by molar-refractivity contribution is 0.789. The summed E-state index contributed by atoms with van der Waals surface area (Å²) in [6, 6.07) is 15.4. The maximum atomic E-state index is 5.78. The Morgan fingerprint density at radius 3 is 2.00 bits per heavy atom. The van der Waals surface area contributed by atoms with E-state index in [-0.39, 0.29) is 0 Å². The summed E-state index contributed by atoms with van der Waals surface area (Å²) in [5, 5.41) is 0. The maximum Gasteiger partial charge on any atom is 0.0430 e. The van der Waals surface area contributed by atoms with Crippen molar-refractivity contribution in [3.05, 3.63) is 64.7 Å². The van der Waals surface area contributed by atoms with Crippen LogP contribution >= 0.6 is 0 Å². The maximum absolute atomic E-state index is 5.78. The van der Waals surface area contributed by atoms with Gasteiger partial charge in [-0.2, -0.15) is 0 Å². The fourth-order valence-corrected chi connectivity index (χ4v) is 2.50. The minimum Gasteiger partial charge on any atom is -0.366 e. The van der Waals surface area contributed by atoms with Crippen molar-refractivity contribution in [2.75, 3.05) is 18.0 Å². The van der Waals surface area contributed by atoms with Crippen LogP contribution in [0.1, 0.15) is 22.3 Å². The van der Waals surface area contributed by atoms with Gasteiger partial charge in [0.15, 0.2) is 0 Å². The Morgan fingerprint density at radius 2 is 1.45 bits per heavy atom. The third-order valence-electron chi connectivity index (χ3n) is 3.46. The highest BCUT2D eigenvalue weighted by Gasteiger charge is 2.07. The highest BCUT2D eigenvalue weighted by Crippen LogP contribution is 2.20. The van der Waals surface area contributed by atoms with E-state index < -0.39 is 0 Å². The van der Waals surface area contributed by atoms with Gasteiger partial charge >= 0.3 is 0 Å². The third kappa shape index (κ3) is 3.84. The summed E-state index contributed by atoms with van der Waals surface area (Å²) >= 11 is 0. The number of aryl methyl sites for hydroxylation is 3. The zero-order valence-corrected chi connectivity index (χ0v) is 12.7. The molecule has 0 bridgehead atoms. The topological polar surface area (TPSA) is 29.3 Å². The molecule has 2 rings (SSSR count). The predicted molar refractivity (Wildman–Crippen MR) is 87.2 cm³/mol. The molecule has 0 radical (unpaired) electrons. The number of rotatable bonds is 5. The molecule has 20 heavy (non-hydrogen) atoms. The van der Waals surface area contributed by atoms with E-state index >= 15 is 0 Å². The minimum atomic E-state index is 0.666. The van der Waals surface area contributed by atoms with E-state index in [0.717, 1.165) is 13.1 Å². The SMILES string of the molecule is Cc1ccc(CN(CCN)c2cc(C)cc(C)c2)cc1. The number of nitrogens with zero attached hydrogens (tertiary/aromatic N) is 1. The lowest BCUT2D eigenvalue weighted by Crippen LogP contribution is -2.29. The van der Waals surface area contributed by atoms with Crippen molar-refractivity contribution in [1.29, 1.82) is 0 Å². The molecule has 0 saturated heterocycles. The lowest BCUT2D eigenvalue weighted by Gasteiger charge is -2.25. The molecule has 0 heterocycles. The minimum absolute atomic E-state index is 0.666. The molecular formula is C18H24N2. The number of benzene rings is 2. The molecule has 0 spiro atoms. The third-order valence-corrected chi connectivity index (χ3v) is 3.46. The summed E-state index contributed by atoms with van der Waals surface area (Å²) in [4.78, 5) is 2.35. The molecule has 0 aromatic heterocycles. The average Bonchev–Trinajstić information content (AvgIpc) is 2.39. The molecule has 2 nitrogen and oxygen atoms in total. The molecular weight excluding hydrogens is 244 g/mol. The first-order valence-electron chi connectivity index (χ1n) is 7.17. The predicted octanol–water partition coefficient (Wildman–Crippen LogP) is 3.58. The van der Waals surface area contributed by atoms with Crippen LogP contribution in [0.25, 0.3) is 0 Å². The normalized spacial score (nSPS) is 10.6. The molecule has 0 aliphatic carbocycles. The van der Waals surface area contributed by atoms with E-state index in [1.807, 2.05) is 0 Å². The van der Waals surface area contributed by atoms with E-state index in [2.05, 4.69) is 68.1 Å². The van der Waals surface area contributed by atoms with Gasteiger partial charge in [0, 0.05) is 25.3 Å². The van der Waals surface area contributed by atoms with Gasteiger partial charge in [0.2, 0.25) is 0 Å². The largest absolute Gasteiger partial charge is 0.366 e. The Hall–Kier alpha value is -1.80. The van der Waals surface area contributed by atoms with Crippen LogP contribution < -0.4 is 10.6 Å². The Labute approximate surface area is 122 Å².